The van der Waals surface area contributed by atoms with Crippen molar-refractivity contribution in [3.05, 3.63) is 27.8 Å². The Labute approximate surface area is 85.0 Å². The van der Waals surface area contributed by atoms with Crippen molar-refractivity contribution < 1.29 is 9.66 Å². The first-order valence-corrected chi connectivity index (χ1v) is 4.30. The summed E-state index contributed by atoms with van der Waals surface area (Å²) in [5, 5.41) is 17.9. The van der Waals surface area contributed by atoms with Crippen LogP contribution in [-0.2, 0) is 0 Å². The SMILES string of the molecule is COc1n[nH]c2c([N+](=O)[O-])cc(C)cc12. The molecule has 0 aliphatic heterocycles. The van der Waals surface area contributed by atoms with Crippen molar-refractivity contribution in [3.63, 3.8) is 0 Å². The number of nitro benzene ring substituents is 1. The van der Waals surface area contributed by atoms with Crippen molar-refractivity contribution in [1.29, 1.82) is 0 Å². The van der Waals surface area contributed by atoms with Crippen LogP contribution < -0.4 is 4.74 Å². The van der Waals surface area contributed by atoms with Crippen molar-refractivity contribution in [3.8, 4) is 5.88 Å². The molecule has 6 heteroatoms. The third-order valence-electron chi connectivity index (χ3n) is 2.15. The summed E-state index contributed by atoms with van der Waals surface area (Å²) in [4.78, 5) is 10.3. The fourth-order valence-corrected chi connectivity index (χ4v) is 1.52. The quantitative estimate of drug-likeness (QED) is 0.601. The van der Waals surface area contributed by atoms with Gasteiger partial charge in [0.1, 0.15) is 5.52 Å². The van der Waals surface area contributed by atoms with E-state index < -0.39 is 4.92 Å². The summed E-state index contributed by atoms with van der Waals surface area (Å²) >= 11 is 0. The Kier molecular flexibility index (Phi) is 2.03. The highest BCUT2D eigenvalue weighted by atomic mass is 16.6. The summed E-state index contributed by atoms with van der Waals surface area (Å²) in [7, 11) is 1.48. The highest BCUT2D eigenvalue weighted by molar-refractivity contribution is 5.91. The molecule has 2 aromatic rings. The molecular formula is C9H9N3O3. The van der Waals surface area contributed by atoms with Crippen LogP contribution in [0.2, 0.25) is 0 Å². The molecule has 0 atom stereocenters. The molecule has 0 spiro atoms. The first kappa shape index (κ1) is 9.45. The maximum absolute atomic E-state index is 10.8. The molecule has 15 heavy (non-hydrogen) atoms. The number of benzene rings is 1. The van der Waals surface area contributed by atoms with Gasteiger partial charge in [0, 0.05) is 6.07 Å². The fraction of sp³-hybridized carbons (Fsp3) is 0.222. The van der Waals surface area contributed by atoms with E-state index in [-0.39, 0.29) is 5.69 Å². The summed E-state index contributed by atoms with van der Waals surface area (Å²) in [5.74, 6) is 0.372. The molecule has 0 amide bonds. The van der Waals surface area contributed by atoms with Crippen molar-refractivity contribution in [2.24, 2.45) is 0 Å². The zero-order valence-corrected chi connectivity index (χ0v) is 8.27. The number of nitrogens with zero attached hydrogens (tertiary/aromatic N) is 2. The number of fused-ring (bicyclic) bond motifs is 1. The predicted octanol–water partition coefficient (Wildman–Crippen LogP) is 1.79. The second kappa shape index (κ2) is 3.23. The number of nitrogens with one attached hydrogen (secondary N) is 1. The van der Waals surface area contributed by atoms with Gasteiger partial charge >= 0.3 is 0 Å². The van der Waals surface area contributed by atoms with Crippen LogP contribution in [0.4, 0.5) is 5.69 Å². The molecule has 0 bridgehead atoms. The number of ether oxygens (including phenoxy) is 1. The molecular weight excluding hydrogens is 198 g/mol. The van der Waals surface area contributed by atoms with E-state index in [0.29, 0.717) is 16.8 Å². The number of aromatic nitrogens is 2. The van der Waals surface area contributed by atoms with Crippen molar-refractivity contribution >= 4 is 16.6 Å². The van der Waals surface area contributed by atoms with Gasteiger partial charge in [-0.15, -0.1) is 5.10 Å². The number of hydrogen-bond acceptors (Lipinski definition) is 4. The first-order valence-electron chi connectivity index (χ1n) is 4.30. The lowest BCUT2D eigenvalue weighted by Crippen LogP contribution is -1.90. The van der Waals surface area contributed by atoms with Crippen molar-refractivity contribution in [2.75, 3.05) is 7.11 Å². The van der Waals surface area contributed by atoms with Crippen LogP contribution >= 0.6 is 0 Å². The van der Waals surface area contributed by atoms with Gasteiger partial charge in [-0.05, 0) is 18.6 Å². The Hall–Kier alpha value is -2.11. The molecule has 6 nitrogen and oxygen atoms in total. The number of rotatable bonds is 2. The highest BCUT2D eigenvalue weighted by Gasteiger charge is 2.17. The van der Waals surface area contributed by atoms with E-state index in [1.165, 1.54) is 13.2 Å². The largest absolute Gasteiger partial charge is 0.479 e. The molecule has 78 valence electrons. The van der Waals surface area contributed by atoms with E-state index in [0.717, 1.165) is 5.56 Å². The Balaban J connectivity index is 2.82. The lowest BCUT2D eigenvalue weighted by atomic mass is 10.1. The zero-order chi connectivity index (χ0) is 11.0. The molecule has 0 aliphatic rings. The molecule has 2 rings (SSSR count). The molecule has 1 heterocycles. The molecule has 0 fully saturated rings. The normalized spacial score (nSPS) is 10.5. The van der Waals surface area contributed by atoms with Crippen LogP contribution in [0.15, 0.2) is 12.1 Å². The van der Waals surface area contributed by atoms with Gasteiger partial charge in [0.25, 0.3) is 5.69 Å². The van der Waals surface area contributed by atoms with E-state index in [4.69, 9.17) is 4.74 Å². The Morgan fingerprint density at radius 3 is 2.87 bits per heavy atom. The summed E-state index contributed by atoms with van der Waals surface area (Å²) < 4.78 is 4.99. The molecule has 1 aromatic carbocycles. The number of hydrogen-bond donors (Lipinski definition) is 1. The smallest absolute Gasteiger partial charge is 0.295 e. The number of aryl methyl sites for hydroxylation is 1. The fourth-order valence-electron chi connectivity index (χ4n) is 1.52. The number of aromatic amines is 1. The summed E-state index contributed by atoms with van der Waals surface area (Å²) in [5.41, 5.74) is 1.21. The average Bonchev–Trinajstić information content (AvgIpc) is 2.58. The minimum atomic E-state index is -0.438. The molecule has 1 N–H and O–H groups in total. The number of H-pyrrole nitrogens is 1. The lowest BCUT2D eigenvalue weighted by molar-refractivity contribution is -0.383. The minimum Gasteiger partial charge on any atom is -0.479 e. The van der Waals surface area contributed by atoms with Crippen LogP contribution in [0, 0.1) is 17.0 Å². The molecule has 1 aromatic heterocycles. The van der Waals surface area contributed by atoms with Crippen molar-refractivity contribution in [1.82, 2.24) is 10.2 Å². The molecule has 0 aliphatic carbocycles. The van der Waals surface area contributed by atoms with Gasteiger partial charge in [-0.3, -0.25) is 15.2 Å². The van der Waals surface area contributed by atoms with Gasteiger partial charge < -0.3 is 4.74 Å². The van der Waals surface area contributed by atoms with Gasteiger partial charge in [-0.1, -0.05) is 0 Å². The van der Waals surface area contributed by atoms with Crippen LogP contribution in [0.5, 0.6) is 5.88 Å². The van der Waals surface area contributed by atoms with Gasteiger partial charge in [0.05, 0.1) is 17.4 Å². The van der Waals surface area contributed by atoms with E-state index in [1.54, 1.807) is 13.0 Å². The minimum absolute atomic E-state index is 0.0146. The van der Waals surface area contributed by atoms with E-state index >= 15 is 0 Å². The number of non-ortho nitro benzene ring substituents is 1. The summed E-state index contributed by atoms with van der Waals surface area (Å²) in [6, 6.07) is 3.30. The van der Waals surface area contributed by atoms with Gasteiger partial charge in [0.15, 0.2) is 0 Å². The third kappa shape index (κ3) is 1.39. The van der Waals surface area contributed by atoms with E-state index in [2.05, 4.69) is 10.2 Å². The first-order chi connectivity index (χ1) is 7.13. The Bertz CT molecular complexity index is 533. The number of methoxy groups -OCH3 is 1. The molecule has 0 unspecified atom stereocenters. The van der Waals surface area contributed by atoms with Gasteiger partial charge in [0.2, 0.25) is 5.88 Å². The molecule has 0 saturated carbocycles. The summed E-state index contributed by atoms with van der Waals surface area (Å²) in [6.45, 7) is 1.79. The van der Waals surface area contributed by atoms with Gasteiger partial charge in [-0.25, -0.2) is 0 Å². The third-order valence-corrected chi connectivity index (χ3v) is 2.15. The molecule has 0 saturated heterocycles. The maximum Gasteiger partial charge on any atom is 0.295 e. The summed E-state index contributed by atoms with van der Waals surface area (Å²) in [6.07, 6.45) is 0. The maximum atomic E-state index is 10.8. The van der Waals surface area contributed by atoms with Crippen LogP contribution in [0.1, 0.15) is 5.56 Å². The monoisotopic (exact) mass is 207 g/mol. The Morgan fingerprint density at radius 2 is 2.27 bits per heavy atom. The second-order valence-electron chi connectivity index (χ2n) is 3.20. The topological polar surface area (TPSA) is 81.0 Å². The van der Waals surface area contributed by atoms with Crippen molar-refractivity contribution in [2.45, 2.75) is 6.92 Å². The average molecular weight is 207 g/mol. The molecule has 0 radical (unpaired) electrons. The van der Waals surface area contributed by atoms with E-state index in [1.807, 2.05) is 0 Å². The van der Waals surface area contributed by atoms with Crippen LogP contribution in [0.3, 0.4) is 0 Å². The zero-order valence-electron chi connectivity index (χ0n) is 8.27. The highest BCUT2D eigenvalue weighted by Crippen LogP contribution is 2.30. The van der Waals surface area contributed by atoms with Crippen LogP contribution in [-0.4, -0.2) is 22.2 Å². The van der Waals surface area contributed by atoms with E-state index in [9.17, 15) is 10.1 Å². The van der Waals surface area contributed by atoms with Gasteiger partial charge in [-0.2, -0.15) is 0 Å². The standard InChI is InChI=1S/C9H9N3O3/c1-5-3-6-8(7(4-5)12(13)14)10-11-9(6)15-2/h3-4H,1-2H3,(H,10,11). The predicted molar refractivity (Wildman–Crippen MR) is 54.0 cm³/mol. The van der Waals surface area contributed by atoms with Crippen LogP contribution in [0.25, 0.3) is 10.9 Å². The lowest BCUT2D eigenvalue weighted by Gasteiger charge is -1.97. The number of nitro groups is 1. The second-order valence-corrected chi connectivity index (χ2v) is 3.20. The Morgan fingerprint density at radius 1 is 1.53 bits per heavy atom.